The number of halogens is 2. The van der Waals surface area contributed by atoms with Crippen LogP contribution in [0.3, 0.4) is 0 Å². The second-order valence-corrected chi connectivity index (χ2v) is 6.88. The Balaban J connectivity index is 2.50. The average molecular weight is 376 g/mol. The number of nitrogens with zero attached hydrogens (tertiary/aromatic N) is 3. The Morgan fingerprint density at radius 3 is 2.50 bits per heavy atom. The number of sulfonamides is 1. The van der Waals surface area contributed by atoms with Gasteiger partial charge in [0.1, 0.15) is 17.5 Å². The summed E-state index contributed by atoms with van der Waals surface area (Å²) in [6.07, 6.45) is 1.24. The summed E-state index contributed by atoms with van der Waals surface area (Å²) in [5.74, 6) is -1.29. The zero-order valence-corrected chi connectivity index (χ0v) is 14.5. The van der Waals surface area contributed by atoms with Gasteiger partial charge in [-0.2, -0.15) is 8.42 Å². The lowest BCUT2D eigenvalue weighted by molar-refractivity contribution is -0.141. The Hall–Kier alpha value is -2.13. The van der Waals surface area contributed by atoms with Gasteiger partial charge in [-0.05, 0) is 31.2 Å². The summed E-state index contributed by atoms with van der Waals surface area (Å²) in [7, 11) is -2.71. The Morgan fingerprint density at radius 2 is 2.00 bits per heavy atom. The van der Waals surface area contributed by atoms with E-state index in [9.17, 15) is 17.6 Å². The number of rotatable bonds is 6. The molecule has 0 unspecified atom stereocenters. The van der Waals surface area contributed by atoms with E-state index in [0.29, 0.717) is 0 Å². The fourth-order valence-electron chi connectivity index (χ4n) is 1.92. The number of aromatic nitrogens is 2. The predicted octanol–water partition coefficient (Wildman–Crippen LogP) is 1.97. The molecule has 0 aliphatic carbocycles. The molecule has 130 valence electrons. The van der Waals surface area contributed by atoms with E-state index in [1.165, 1.54) is 30.1 Å². The number of hydrogen-bond donors (Lipinski definition) is 0. The molecule has 0 spiro atoms. The van der Waals surface area contributed by atoms with Gasteiger partial charge in [0.05, 0.1) is 18.6 Å². The fraction of sp³-hybridized carbons (Fsp3) is 0.286. The van der Waals surface area contributed by atoms with Gasteiger partial charge in [-0.1, -0.05) is 11.6 Å². The number of carbonyl (C=O) groups excluding carboxylic acids is 1. The quantitative estimate of drug-likeness (QED) is 0.721. The summed E-state index contributed by atoms with van der Waals surface area (Å²) in [4.78, 5) is 15.6. The van der Waals surface area contributed by atoms with Crippen molar-refractivity contribution in [3.8, 4) is 0 Å². The maximum Gasteiger partial charge on any atom is 0.326 e. The van der Waals surface area contributed by atoms with Crippen molar-refractivity contribution in [1.29, 1.82) is 0 Å². The maximum atomic E-state index is 13.1. The number of aryl methyl sites for hydroxylation is 1. The van der Waals surface area contributed by atoms with Crippen LogP contribution in [0, 0.1) is 5.82 Å². The summed E-state index contributed by atoms with van der Waals surface area (Å²) >= 11 is 5.97. The van der Waals surface area contributed by atoms with Gasteiger partial charge >= 0.3 is 5.97 Å². The summed E-state index contributed by atoms with van der Waals surface area (Å²) in [6.45, 7) is 1.11. The molecule has 0 saturated heterocycles. The average Bonchev–Trinajstić information content (AvgIpc) is 2.86. The summed E-state index contributed by atoms with van der Waals surface area (Å²) in [5.41, 5.74) is 0.0890. The highest BCUT2D eigenvalue weighted by atomic mass is 35.5. The minimum Gasteiger partial charge on any atom is -0.465 e. The number of anilines is 1. The van der Waals surface area contributed by atoms with Crippen LogP contribution in [0.5, 0.6) is 0 Å². The molecule has 0 aliphatic rings. The minimum absolute atomic E-state index is 0.0890. The van der Waals surface area contributed by atoms with E-state index in [1.54, 1.807) is 6.92 Å². The molecule has 0 radical (unpaired) electrons. The highest BCUT2D eigenvalue weighted by Crippen LogP contribution is 2.27. The molecule has 10 heteroatoms. The van der Waals surface area contributed by atoms with Gasteiger partial charge in [0.15, 0.2) is 0 Å². The van der Waals surface area contributed by atoms with Crippen LogP contribution >= 0.6 is 11.6 Å². The van der Waals surface area contributed by atoms with Gasteiger partial charge in [-0.15, -0.1) is 0 Å². The molecule has 0 N–H and O–H groups in total. The van der Waals surface area contributed by atoms with Gasteiger partial charge in [0.2, 0.25) is 5.03 Å². The maximum absolute atomic E-state index is 13.1. The van der Waals surface area contributed by atoms with Gasteiger partial charge < -0.3 is 9.30 Å². The largest absolute Gasteiger partial charge is 0.465 e. The third-order valence-electron chi connectivity index (χ3n) is 3.06. The van der Waals surface area contributed by atoms with Crippen LogP contribution in [0.1, 0.15) is 6.92 Å². The molecule has 24 heavy (non-hydrogen) atoms. The topological polar surface area (TPSA) is 81.5 Å². The third kappa shape index (κ3) is 3.68. The van der Waals surface area contributed by atoms with E-state index < -0.39 is 33.4 Å². The van der Waals surface area contributed by atoms with Crippen LogP contribution in [0.4, 0.5) is 10.1 Å². The molecule has 0 aliphatic heterocycles. The van der Waals surface area contributed by atoms with E-state index >= 15 is 0 Å². The van der Waals surface area contributed by atoms with Crippen LogP contribution in [-0.4, -0.2) is 37.1 Å². The van der Waals surface area contributed by atoms with Crippen LogP contribution in [0.15, 0.2) is 35.6 Å². The van der Waals surface area contributed by atoms with E-state index in [1.807, 2.05) is 0 Å². The lowest BCUT2D eigenvalue weighted by Crippen LogP contribution is -2.37. The van der Waals surface area contributed by atoms with Crippen molar-refractivity contribution in [2.75, 3.05) is 17.5 Å². The molecule has 1 heterocycles. The molecule has 0 atom stereocenters. The Morgan fingerprint density at radius 1 is 1.38 bits per heavy atom. The molecule has 2 rings (SSSR count). The molecular formula is C14H15ClFN3O4S. The second kappa shape index (κ2) is 7.18. The van der Waals surface area contributed by atoms with Crippen molar-refractivity contribution in [1.82, 2.24) is 9.55 Å². The van der Waals surface area contributed by atoms with Crippen molar-refractivity contribution in [2.45, 2.75) is 11.9 Å². The monoisotopic (exact) mass is 375 g/mol. The predicted molar refractivity (Wildman–Crippen MR) is 85.8 cm³/mol. The lowest BCUT2D eigenvalue weighted by Gasteiger charge is -2.22. The minimum atomic E-state index is -4.24. The molecule has 2 aromatic rings. The first kappa shape index (κ1) is 18.2. The molecule has 1 aromatic heterocycles. The van der Waals surface area contributed by atoms with Crippen molar-refractivity contribution >= 4 is 33.3 Å². The standard InChI is InChI=1S/C14H15ClFN3O4S/c1-3-23-12(20)8-19(11-6-4-10(16)5-7-11)24(21,22)14-13(15)18(2)9-17-14/h4-7,9H,3,8H2,1-2H3. The molecule has 0 saturated carbocycles. The van der Waals surface area contributed by atoms with Crippen molar-refractivity contribution < 1.29 is 22.3 Å². The van der Waals surface area contributed by atoms with Gasteiger partial charge in [0.25, 0.3) is 10.0 Å². The van der Waals surface area contributed by atoms with Crippen molar-refractivity contribution in [2.24, 2.45) is 7.05 Å². The zero-order valence-electron chi connectivity index (χ0n) is 12.9. The Kier molecular flexibility index (Phi) is 5.45. The zero-order chi connectivity index (χ0) is 17.9. The first-order valence-corrected chi connectivity index (χ1v) is 8.70. The highest BCUT2D eigenvalue weighted by Gasteiger charge is 2.32. The second-order valence-electron chi connectivity index (χ2n) is 4.74. The van der Waals surface area contributed by atoms with Gasteiger partial charge in [-0.3, -0.25) is 9.10 Å². The third-order valence-corrected chi connectivity index (χ3v) is 5.33. The first-order chi connectivity index (χ1) is 11.3. The Labute approximate surface area is 143 Å². The normalized spacial score (nSPS) is 11.3. The fourth-order valence-corrected chi connectivity index (χ4v) is 3.72. The van der Waals surface area contributed by atoms with Crippen LogP contribution in [0.25, 0.3) is 0 Å². The van der Waals surface area contributed by atoms with Crippen molar-refractivity contribution in [3.63, 3.8) is 0 Å². The van der Waals surface area contributed by atoms with E-state index in [-0.39, 0.29) is 17.4 Å². The molecule has 1 aromatic carbocycles. The molecular weight excluding hydrogens is 361 g/mol. The number of imidazole rings is 1. The first-order valence-electron chi connectivity index (χ1n) is 6.88. The number of ether oxygens (including phenoxy) is 1. The van der Waals surface area contributed by atoms with E-state index in [0.717, 1.165) is 16.4 Å². The van der Waals surface area contributed by atoms with Crippen LogP contribution in [0.2, 0.25) is 5.15 Å². The molecule has 0 bridgehead atoms. The van der Waals surface area contributed by atoms with Crippen LogP contribution < -0.4 is 4.31 Å². The summed E-state index contributed by atoms with van der Waals surface area (Å²) in [6, 6.07) is 4.65. The number of carbonyl (C=O) groups is 1. The SMILES string of the molecule is CCOC(=O)CN(c1ccc(F)cc1)S(=O)(=O)c1ncn(C)c1Cl. The molecule has 0 amide bonds. The number of esters is 1. The van der Waals surface area contributed by atoms with Gasteiger partial charge in [-0.25, -0.2) is 9.37 Å². The molecule has 7 nitrogen and oxygen atoms in total. The number of hydrogen-bond acceptors (Lipinski definition) is 5. The summed E-state index contributed by atoms with van der Waals surface area (Å²) < 4.78 is 45.7. The molecule has 0 fully saturated rings. The number of benzene rings is 1. The smallest absolute Gasteiger partial charge is 0.326 e. The lowest BCUT2D eigenvalue weighted by atomic mass is 10.3. The summed E-state index contributed by atoms with van der Waals surface area (Å²) in [5, 5.41) is -0.508. The Bertz CT molecular complexity index is 836. The van der Waals surface area contributed by atoms with Crippen molar-refractivity contribution in [3.05, 3.63) is 41.6 Å². The highest BCUT2D eigenvalue weighted by molar-refractivity contribution is 7.92. The van der Waals surface area contributed by atoms with E-state index in [4.69, 9.17) is 16.3 Å². The van der Waals surface area contributed by atoms with E-state index in [2.05, 4.69) is 4.98 Å². The van der Waals surface area contributed by atoms with Crippen LogP contribution in [-0.2, 0) is 26.6 Å². The van der Waals surface area contributed by atoms with Gasteiger partial charge in [0, 0.05) is 7.05 Å².